The Morgan fingerprint density at radius 2 is 0.526 bits per heavy atom. The summed E-state index contributed by atoms with van der Waals surface area (Å²) in [6.07, 6.45) is 0. The van der Waals surface area contributed by atoms with Gasteiger partial charge in [-0.3, -0.25) is 0 Å². The number of hydrogen-bond acceptors (Lipinski definition) is 3. The second-order valence-electron chi connectivity index (χ2n) is 0.469. The smallest absolute Gasteiger partial charge is 0.790 e. The molecule has 128 valence electrons. The summed E-state index contributed by atoms with van der Waals surface area (Å²) >= 11 is 0. The van der Waals surface area contributed by atoms with Gasteiger partial charge in [0.15, 0.2) is 0 Å². The summed E-state index contributed by atoms with van der Waals surface area (Å²) in [6.45, 7) is 0. The van der Waals surface area contributed by atoms with Crippen LogP contribution in [0.4, 0.5) is 0 Å². The Hall–Kier alpha value is 2.90. The van der Waals surface area contributed by atoms with Gasteiger partial charge in [0.2, 0.25) is 0 Å². The van der Waals surface area contributed by atoms with Crippen molar-refractivity contribution in [2.24, 2.45) is 0 Å². The van der Waals surface area contributed by atoms with Gasteiger partial charge in [-0.15, -0.1) is 0 Å². The van der Waals surface area contributed by atoms with E-state index in [0.29, 0.717) is 0 Å². The van der Waals surface area contributed by atoms with E-state index in [4.69, 9.17) is 19.2 Å². The van der Waals surface area contributed by atoms with Gasteiger partial charge in [-0.25, -0.2) is 0 Å². The first kappa shape index (κ1) is 201. The van der Waals surface area contributed by atoms with Crippen LogP contribution in [0, 0.1) is 0 Å². The monoisotopic (exact) mass is 390 g/mol. The van der Waals surface area contributed by atoms with Crippen molar-refractivity contribution in [3.63, 3.8) is 0 Å². The van der Waals surface area contributed by atoms with Crippen molar-refractivity contribution in [3.8, 4) is 0 Å². The van der Waals surface area contributed by atoms with Gasteiger partial charge in [-0.1, -0.05) is 0 Å². The van der Waals surface area contributed by atoms with E-state index in [1.165, 1.54) is 0 Å². The van der Waals surface area contributed by atoms with Gasteiger partial charge in [-0.05, 0) is 0 Å². The summed E-state index contributed by atoms with van der Waals surface area (Å²) in [5.74, 6) is 0. The van der Waals surface area contributed by atoms with Gasteiger partial charge in [0.1, 0.15) is 0 Å². The zero-order chi connectivity index (χ0) is 4.50. The van der Waals surface area contributed by atoms with E-state index >= 15 is 0 Å². The summed E-state index contributed by atoms with van der Waals surface area (Å²) in [6, 6.07) is 0. The molecule has 25 N–H and O–H groups in total. The molecular weight excluding hydrogens is 365 g/mol. The third-order valence-corrected chi connectivity index (χ3v) is 0. The molecule has 0 fully saturated rings. The average molecular weight is 390 g/mol. The topological polar surface area (TPSA) is 461 Å². The molecule has 0 radical (unpaired) electrons. The molecule has 0 spiro atoms. The van der Waals surface area contributed by atoms with Gasteiger partial charge in [-0.2, -0.15) is 0 Å². The molecule has 0 saturated carbocycles. The molecule has 0 aromatic rings. The molecule has 0 saturated heterocycles. The predicted molar refractivity (Wildman–Crippen MR) is 53.2 cm³/mol. The van der Waals surface area contributed by atoms with Gasteiger partial charge < -0.3 is 85.0 Å². The van der Waals surface area contributed by atoms with E-state index in [-0.39, 0.29) is 168 Å². The molecule has 19 heteroatoms. The predicted octanol–water partition coefficient (Wildman–Crippen LogP) is -18.1. The van der Waals surface area contributed by atoms with Crippen LogP contribution in [0.25, 0.3) is 0 Å². The number of hydrogen-bond donors (Lipinski definition) is 1. The minimum atomic E-state index is -5.14. The van der Waals surface area contributed by atoms with E-state index in [2.05, 4.69) is 0 Å². The van der Waals surface area contributed by atoms with Crippen LogP contribution in [0.3, 0.4) is 0 Å². The van der Waals surface area contributed by atoms with Crippen LogP contribution in [-0.4, -0.2) is 70.6 Å². The van der Waals surface area contributed by atoms with Crippen molar-refractivity contribution in [2.75, 3.05) is 0 Å². The van der Waals surface area contributed by atoms with Crippen molar-refractivity contribution >= 4 is 7.82 Å². The van der Waals surface area contributed by atoms with Crippen LogP contribution in [0.5, 0.6) is 0 Å². The fraction of sp³-hybridized carbons (Fsp3) is 0. The number of rotatable bonds is 0. The van der Waals surface area contributed by atoms with Crippen LogP contribution < -0.4 is 113 Å². The molecule has 0 bridgehead atoms. The maximum Gasteiger partial charge on any atom is 1.00 e. The van der Waals surface area contributed by atoms with Gasteiger partial charge in [0.25, 0.3) is 0 Å². The normalized spacial score (nSPS) is 3.11. The van der Waals surface area contributed by atoms with Crippen molar-refractivity contribution in [1.82, 2.24) is 0 Å². The molecule has 0 aliphatic heterocycles. The summed E-state index contributed by atoms with van der Waals surface area (Å²) in [5.41, 5.74) is 0. The molecule has 19 heavy (non-hydrogen) atoms. The molecule has 0 heterocycles. The van der Waals surface area contributed by atoms with Crippen LogP contribution in [0.1, 0.15) is 0 Å². The third-order valence-electron chi connectivity index (χ3n) is 0. The van der Waals surface area contributed by atoms with E-state index < -0.39 is 7.82 Å². The second-order valence-corrected chi connectivity index (χ2v) is 1.41. The first-order valence-electron chi connectivity index (χ1n) is 0.748. The van der Waals surface area contributed by atoms with Crippen molar-refractivity contribution in [2.45, 2.75) is 0 Å². The Morgan fingerprint density at radius 1 is 0.526 bits per heavy atom. The third kappa shape index (κ3) is 886. The Bertz CT molecular complexity index is 60.9. The molecule has 0 amide bonds. The fourth-order valence-corrected chi connectivity index (χ4v) is 0. The second kappa shape index (κ2) is 104. The van der Waals surface area contributed by atoms with E-state index in [1.54, 1.807) is 0 Å². The maximum atomic E-state index is 8.66. The molecule has 16 nitrogen and oxygen atoms in total. The molecule has 0 rings (SSSR count). The molecule has 0 aromatic carbocycles. The van der Waals surface area contributed by atoms with Crippen molar-refractivity contribution in [1.29, 1.82) is 0 Å². The minimum Gasteiger partial charge on any atom is -0.790 e. The van der Waals surface area contributed by atoms with Gasteiger partial charge >= 0.3 is 103 Å². The molecule has 0 unspecified atom stereocenters. The molecular formula is H25K2O16P. The molecule has 0 aromatic heterocycles. The zero-order valence-electron chi connectivity index (χ0n) is 10.1. The zero-order valence-corrected chi connectivity index (χ0v) is 17.3. The summed E-state index contributed by atoms with van der Waals surface area (Å²) in [4.78, 5) is 24.3. The Morgan fingerprint density at radius 3 is 0.526 bits per heavy atom. The van der Waals surface area contributed by atoms with E-state index in [1.807, 2.05) is 0 Å². The standard InChI is InChI=1S/2K.H3O4P.12H2O/c;;1-5(2,3)4;;;;;;;;;;;;/h;;(H3,1,2,3,4);12*1H2/q2*+1;;;;;;;;;;;;;/p-2. The Balaban J connectivity index is -0.000000000879. The van der Waals surface area contributed by atoms with Gasteiger partial charge in [0, 0.05) is 0 Å². The average Bonchev–Trinajstić information content (AvgIpc) is 0.722. The van der Waals surface area contributed by atoms with E-state index in [0.717, 1.165) is 0 Å². The van der Waals surface area contributed by atoms with Crippen LogP contribution in [-0.2, 0) is 4.57 Å². The summed E-state index contributed by atoms with van der Waals surface area (Å²) < 4.78 is 8.66. The Kier molecular flexibility index (Phi) is 1100. The first-order valence-corrected chi connectivity index (χ1v) is 2.24. The van der Waals surface area contributed by atoms with Gasteiger partial charge in [0.05, 0.1) is 7.82 Å². The van der Waals surface area contributed by atoms with Crippen LogP contribution in [0.2, 0.25) is 0 Å². The molecule has 0 atom stereocenters. The fourth-order valence-electron chi connectivity index (χ4n) is 0. The molecule has 0 aliphatic carbocycles. The molecule has 0 aliphatic rings. The van der Waals surface area contributed by atoms with Crippen LogP contribution in [0.15, 0.2) is 0 Å². The summed E-state index contributed by atoms with van der Waals surface area (Å²) in [7, 11) is -5.14. The quantitative estimate of drug-likeness (QED) is 0.310. The minimum absolute atomic E-state index is 0. The first-order chi connectivity index (χ1) is 2.00. The van der Waals surface area contributed by atoms with E-state index in [9.17, 15) is 0 Å². The Labute approximate surface area is 192 Å². The summed E-state index contributed by atoms with van der Waals surface area (Å²) in [5, 5.41) is 0. The van der Waals surface area contributed by atoms with Crippen molar-refractivity contribution in [3.05, 3.63) is 0 Å². The maximum absolute atomic E-state index is 8.66. The number of phosphoric acid groups is 1. The SMILES string of the molecule is O.O.O.O.O.O.O.O.O.O.O.O.O=P([O-])([O-])O.[K+].[K+]. The van der Waals surface area contributed by atoms with Crippen molar-refractivity contribution < 1.29 is 188 Å². The largest absolute Gasteiger partial charge is 1.00 e. The van der Waals surface area contributed by atoms with Crippen LogP contribution >= 0.6 is 7.82 Å².